The number of halogens is 1. The van der Waals surface area contributed by atoms with E-state index in [0.29, 0.717) is 34.8 Å². The lowest BCUT2D eigenvalue weighted by molar-refractivity contribution is -0.117. The van der Waals surface area contributed by atoms with Gasteiger partial charge in [-0.3, -0.25) is 4.79 Å². The fraction of sp³-hybridized carbons (Fsp3) is 0.280. The Morgan fingerprint density at radius 2 is 1.97 bits per heavy atom. The maximum Gasteiger partial charge on any atom is 0.229 e. The number of fused-ring (bicyclic) bond motifs is 1. The van der Waals surface area contributed by atoms with Crippen LogP contribution in [0.2, 0.25) is 5.02 Å². The number of aromatic nitrogens is 4. The maximum atomic E-state index is 12.7. The number of pyridine rings is 1. The average Bonchev–Trinajstić information content (AvgIpc) is 3.74. The number of rotatable bonds is 7. The molecule has 4 aromatic rings. The number of anilines is 3. The summed E-state index contributed by atoms with van der Waals surface area (Å²) in [5.74, 6) is 1.78. The Hall–Kier alpha value is -3.65. The Labute approximate surface area is 201 Å². The number of amides is 1. The quantitative estimate of drug-likeness (QED) is 0.362. The molecule has 4 N–H and O–H groups in total. The summed E-state index contributed by atoms with van der Waals surface area (Å²) in [6.07, 6.45) is 8.79. The number of carbonyl (C=O) groups is 1. The van der Waals surface area contributed by atoms with Gasteiger partial charge in [-0.1, -0.05) is 23.7 Å². The van der Waals surface area contributed by atoms with Gasteiger partial charge in [-0.2, -0.15) is 0 Å². The van der Waals surface area contributed by atoms with Crippen LogP contribution in [0.25, 0.3) is 5.65 Å². The van der Waals surface area contributed by atoms with Gasteiger partial charge in [0.1, 0.15) is 18.0 Å². The molecule has 8 nitrogen and oxygen atoms in total. The van der Waals surface area contributed by atoms with E-state index in [-0.39, 0.29) is 17.7 Å². The molecule has 1 amide bonds. The number of nitrogen functional groups attached to an aromatic ring is 1. The second kappa shape index (κ2) is 8.29. The Balaban J connectivity index is 1.09. The lowest BCUT2D eigenvalue weighted by atomic mass is 10.1. The Morgan fingerprint density at radius 3 is 2.79 bits per heavy atom. The molecule has 2 aliphatic carbocycles. The van der Waals surface area contributed by atoms with Gasteiger partial charge in [0.2, 0.25) is 5.91 Å². The van der Waals surface area contributed by atoms with Gasteiger partial charge in [-0.05, 0) is 60.4 Å². The molecule has 6 rings (SSSR count). The van der Waals surface area contributed by atoms with Crippen molar-refractivity contribution in [2.24, 2.45) is 5.92 Å². The van der Waals surface area contributed by atoms with Crippen molar-refractivity contribution in [1.82, 2.24) is 19.4 Å². The molecule has 0 spiro atoms. The molecule has 0 radical (unpaired) electrons. The first-order valence-electron chi connectivity index (χ1n) is 11.4. The summed E-state index contributed by atoms with van der Waals surface area (Å²) < 4.78 is 2.00. The third kappa shape index (κ3) is 4.28. The van der Waals surface area contributed by atoms with Crippen molar-refractivity contribution < 1.29 is 4.79 Å². The van der Waals surface area contributed by atoms with Crippen molar-refractivity contribution in [1.29, 1.82) is 0 Å². The summed E-state index contributed by atoms with van der Waals surface area (Å²) >= 11 is 6.08. The van der Waals surface area contributed by atoms with E-state index in [9.17, 15) is 4.79 Å². The number of nitrogens with two attached hydrogens (primary N) is 1. The van der Waals surface area contributed by atoms with Gasteiger partial charge in [0, 0.05) is 29.4 Å². The predicted octanol–water partition coefficient (Wildman–Crippen LogP) is 4.59. The summed E-state index contributed by atoms with van der Waals surface area (Å²) in [7, 11) is 0. The van der Waals surface area contributed by atoms with Gasteiger partial charge in [-0.15, -0.1) is 0 Å². The van der Waals surface area contributed by atoms with E-state index >= 15 is 0 Å². The van der Waals surface area contributed by atoms with E-state index in [1.807, 2.05) is 40.9 Å². The molecular weight excluding hydrogens is 450 g/mol. The van der Waals surface area contributed by atoms with Crippen LogP contribution in [-0.4, -0.2) is 25.3 Å². The van der Waals surface area contributed by atoms with Crippen LogP contribution in [0, 0.1) is 5.92 Å². The number of nitrogens with one attached hydrogen (secondary N) is 2. The highest BCUT2D eigenvalue weighted by Gasteiger charge is 2.44. The number of imidazole rings is 1. The van der Waals surface area contributed by atoms with Gasteiger partial charge < -0.3 is 20.8 Å². The third-order valence-corrected chi connectivity index (χ3v) is 6.71. The topological polar surface area (TPSA) is 110 Å². The molecule has 1 unspecified atom stereocenters. The molecular formula is C25H24ClN7O. The average molecular weight is 474 g/mol. The van der Waals surface area contributed by atoms with E-state index < -0.39 is 0 Å². The van der Waals surface area contributed by atoms with Crippen LogP contribution in [0.15, 0.2) is 55.1 Å². The molecule has 2 saturated carbocycles. The zero-order valence-electron chi connectivity index (χ0n) is 18.4. The maximum absolute atomic E-state index is 12.7. The molecule has 34 heavy (non-hydrogen) atoms. The van der Waals surface area contributed by atoms with Crippen molar-refractivity contribution in [3.63, 3.8) is 0 Å². The molecule has 2 fully saturated rings. The zero-order chi connectivity index (χ0) is 23.2. The molecule has 2 aliphatic rings. The van der Waals surface area contributed by atoms with Gasteiger partial charge in [-0.25, -0.2) is 15.0 Å². The smallest absolute Gasteiger partial charge is 0.229 e. The highest BCUT2D eigenvalue weighted by Crippen LogP contribution is 2.48. The molecule has 0 saturated heterocycles. The summed E-state index contributed by atoms with van der Waals surface area (Å²) in [5.41, 5.74) is 10.9. The van der Waals surface area contributed by atoms with Gasteiger partial charge in [0.25, 0.3) is 0 Å². The first kappa shape index (κ1) is 20.9. The minimum Gasteiger partial charge on any atom is -0.396 e. The number of carbonyl (C=O) groups excluding carboxylic acids is 1. The van der Waals surface area contributed by atoms with E-state index in [1.54, 1.807) is 6.07 Å². The summed E-state index contributed by atoms with van der Waals surface area (Å²) in [5, 5.41) is 6.85. The predicted molar refractivity (Wildman–Crippen MR) is 132 cm³/mol. The van der Waals surface area contributed by atoms with Crippen LogP contribution >= 0.6 is 11.6 Å². The molecule has 0 bridgehead atoms. The lowest BCUT2D eigenvalue weighted by Gasteiger charge is -2.07. The highest BCUT2D eigenvalue weighted by atomic mass is 35.5. The van der Waals surface area contributed by atoms with Crippen molar-refractivity contribution in [3.05, 3.63) is 77.0 Å². The molecule has 0 aliphatic heterocycles. The van der Waals surface area contributed by atoms with Crippen LogP contribution in [0.5, 0.6) is 0 Å². The van der Waals surface area contributed by atoms with Crippen LogP contribution in [0.3, 0.4) is 0 Å². The van der Waals surface area contributed by atoms with Gasteiger partial charge in [0.15, 0.2) is 5.65 Å². The minimum absolute atomic E-state index is 0.0445. The van der Waals surface area contributed by atoms with Gasteiger partial charge in [0.05, 0.1) is 17.9 Å². The summed E-state index contributed by atoms with van der Waals surface area (Å²) in [4.78, 5) is 25.8. The molecule has 3 heterocycles. The van der Waals surface area contributed by atoms with Crippen molar-refractivity contribution in [2.45, 2.75) is 37.6 Å². The second-order valence-corrected chi connectivity index (χ2v) is 9.54. The highest BCUT2D eigenvalue weighted by molar-refractivity contribution is 6.30. The Bertz CT molecular complexity index is 1400. The second-order valence-electron chi connectivity index (χ2n) is 9.10. The molecule has 1 aromatic carbocycles. The van der Waals surface area contributed by atoms with E-state index in [0.717, 1.165) is 23.3 Å². The zero-order valence-corrected chi connectivity index (χ0v) is 19.2. The number of nitrogens with zero attached hydrogens (tertiary/aromatic N) is 4. The monoisotopic (exact) mass is 473 g/mol. The third-order valence-electron chi connectivity index (χ3n) is 6.47. The van der Waals surface area contributed by atoms with E-state index in [2.05, 4.69) is 31.8 Å². The molecule has 2 atom stereocenters. The Morgan fingerprint density at radius 1 is 1.12 bits per heavy atom. The largest absolute Gasteiger partial charge is 0.396 e. The fourth-order valence-corrected chi connectivity index (χ4v) is 4.63. The summed E-state index contributed by atoms with van der Waals surface area (Å²) in [6, 6.07) is 11.4. The van der Waals surface area contributed by atoms with Crippen molar-refractivity contribution in [3.8, 4) is 0 Å². The minimum atomic E-state index is -0.0752. The number of hydrogen-bond acceptors (Lipinski definition) is 6. The number of benzene rings is 1. The fourth-order valence-electron chi connectivity index (χ4n) is 4.44. The van der Waals surface area contributed by atoms with Gasteiger partial charge >= 0.3 is 0 Å². The molecule has 3 aromatic heterocycles. The molecule has 172 valence electrons. The number of hydrogen-bond donors (Lipinski definition) is 3. The lowest BCUT2D eigenvalue weighted by Crippen LogP contribution is -2.16. The van der Waals surface area contributed by atoms with Crippen molar-refractivity contribution in [2.75, 3.05) is 16.4 Å². The van der Waals surface area contributed by atoms with E-state index in [4.69, 9.17) is 17.3 Å². The van der Waals surface area contributed by atoms with Crippen LogP contribution < -0.4 is 16.4 Å². The van der Waals surface area contributed by atoms with Crippen LogP contribution in [0.1, 0.15) is 47.9 Å². The molecule has 9 heteroatoms. The first-order chi connectivity index (χ1) is 16.5. The normalized spacial score (nSPS) is 19.2. The summed E-state index contributed by atoms with van der Waals surface area (Å²) in [6.45, 7) is 0.476. The van der Waals surface area contributed by atoms with Crippen molar-refractivity contribution >= 4 is 40.5 Å². The van der Waals surface area contributed by atoms with E-state index in [1.165, 1.54) is 24.7 Å². The Kier molecular flexibility index (Phi) is 5.10. The van der Waals surface area contributed by atoms with Crippen LogP contribution in [0.4, 0.5) is 17.3 Å². The first-order valence-corrected chi connectivity index (χ1v) is 11.8. The SMILES string of the molecule is Nc1cc(C2CC2)cn2cc(CNc3cc(NC(=O)[C@H]4CC4c4cccc(Cl)c4)ncn3)nc12. The van der Waals surface area contributed by atoms with Crippen LogP contribution in [-0.2, 0) is 11.3 Å². The standard InChI is InChI=1S/C25H24ClN7O/c26-17-3-1-2-15(6-17)19-8-20(19)25(34)32-23-9-22(29-13-30-23)28-10-18-12-33-11-16(14-4-5-14)7-21(27)24(33)31-18/h1-3,6-7,9,11-14,19-20H,4-5,8,10,27H2,(H2,28,29,30,32,34)/t19?,20-/m0/s1.